The van der Waals surface area contributed by atoms with Crippen LogP contribution in [0.2, 0.25) is 0 Å². The topological polar surface area (TPSA) is 107 Å². The van der Waals surface area contributed by atoms with E-state index < -0.39 is 22.5 Å². The first kappa shape index (κ1) is 26.6. The van der Waals surface area contributed by atoms with Gasteiger partial charge < -0.3 is 14.2 Å². The summed E-state index contributed by atoms with van der Waals surface area (Å²) in [6.07, 6.45) is 2.48. The fourth-order valence-electron chi connectivity index (χ4n) is 3.22. The Bertz CT molecular complexity index is 1280. The lowest BCUT2D eigenvalue weighted by molar-refractivity contribution is -0.119. The highest BCUT2D eigenvalue weighted by atomic mass is 32.2. The molecule has 3 aromatic carbocycles. The first-order valence-corrected chi connectivity index (χ1v) is 13.0. The van der Waals surface area contributed by atoms with Gasteiger partial charge in [-0.15, -0.1) is 0 Å². The second kappa shape index (κ2) is 12.6. The molecule has 3 aromatic rings. The van der Waals surface area contributed by atoms with Crippen molar-refractivity contribution >= 4 is 27.8 Å². The highest BCUT2D eigenvalue weighted by molar-refractivity contribution is 7.92. The summed E-state index contributed by atoms with van der Waals surface area (Å²) in [5.41, 5.74) is 4.41. The monoisotopic (exact) mass is 511 g/mol. The number of nitrogens with zero attached hydrogens (tertiary/aromatic N) is 2. The molecular formula is C26H29N3O6S. The van der Waals surface area contributed by atoms with Crippen LogP contribution >= 0.6 is 0 Å². The van der Waals surface area contributed by atoms with Gasteiger partial charge in [-0.25, -0.2) is 13.8 Å². The molecule has 3 rings (SSSR count). The molecule has 1 amide bonds. The van der Waals surface area contributed by atoms with Crippen molar-refractivity contribution in [2.24, 2.45) is 5.10 Å². The second-order valence-corrected chi connectivity index (χ2v) is 9.58. The number of hydrogen-bond acceptors (Lipinski definition) is 7. The smallest absolute Gasteiger partial charge is 0.260 e. The molecule has 0 saturated carbocycles. The third-order valence-electron chi connectivity index (χ3n) is 4.96. The molecule has 0 aliphatic rings. The number of nitrogens with one attached hydrogen (secondary N) is 1. The molecule has 0 unspecified atom stereocenters. The van der Waals surface area contributed by atoms with Gasteiger partial charge in [0.1, 0.15) is 18.9 Å². The zero-order valence-corrected chi connectivity index (χ0v) is 21.2. The lowest BCUT2D eigenvalue weighted by Crippen LogP contribution is -2.39. The van der Waals surface area contributed by atoms with Gasteiger partial charge in [0.05, 0.1) is 31.9 Å². The highest BCUT2D eigenvalue weighted by Crippen LogP contribution is 2.29. The van der Waals surface area contributed by atoms with E-state index in [-0.39, 0.29) is 0 Å². The van der Waals surface area contributed by atoms with Crippen LogP contribution in [0.5, 0.6) is 17.2 Å². The van der Waals surface area contributed by atoms with Gasteiger partial charge >= 0.3 is 0 Å². The molecule has 190 valence electrons. The molecule has 0 fully saturated rings. The summed E-state index contributed by atoms with van der Waals surface area (Å²) in [5, 5.41) is 3.96. The first-order chi connectivity index (χ1) is 17.3. The zero-order valence-electron chi connectivity index (χ0n) is 20.4. The van der Waals surface area contributed by atoms with Crippen LogP contribution in [0, 0.1) is 0 Å². The number of carbonyl (C=O) groups is 1. The van der Waals surface area contributed by atoms with E-state index in [2.05, 4.69) is 10.5 Å². The van der Waals surface area contributed by atoms with Gasteiger partial charge in [0.25, 0.3) is 5.91 Å². The third kappa shape index (κ3) is 7.74. The summed E-state index contributed by atoms with van der Waals surface area (Å²) >= 11 is 0. The summed E-state index contributed by atoms with van der Waals surface area (Å²) in [4.78, 5) is 12.4. The molecule has 0 saturated heterocycles. The van der Waals surface area contributed by atoms with Crippen molar-refractivity contribution in [3.63, 3.8) is 0 Å². The quantitative estimate of drug-likeness (QED) is 0.294. The van der Waals surface area contributed by atoms with E-state index in [9.17, 15) is 13.2 Å². The number of sulfonamides is 1. The first-order valence-electron chi connectivity index (χ1n) is 11.2. The van der Waals surface area contributed by atoms with Crippen LogP contribution in [0.1, 0.15) is 18.1 Å². The Morgan fingerprint density at radius 1 is 1.00 bits per heavy atom. The van der Waals surface area contributed by atoms with E-state index in [4.69, 9.17) is 14.2 Å². The van der Waals surface area contributed by atoms with Gasteiger partial charge in [0.2, 0.25) is 10.0 Å². The van der Waals surface area contributed by atoms with Crippen LogP contribution in [0.15, 0.2) is 77.9 Å². The van der Waals surface area contributed by atoms with E-state index in [1.54, 1.807) is 42.5 Å². The number of benzene rings is 3. The maximum absolute atomic E-state index is 12.4. The summed E-state index contributed by atoms with van der Waals surface area (Å²) in [6.45, 7) is 2.29. The number of hydrazone groups is 1. The number of ether oxygens (including phenoxy) is 3. The molecular weight excluding hydrogens is 482 g/mol. The SMILES string of the molecule is CCOc1cc(/C=N\NC(=O)CN(c2ccc(OC)cc2)S(C)(=O)=O)ccc1OCc1ccccc1. The Balaban J connectivity index is 1.64. The largest absolute Gasteiger partial charge is 0.497 e. The van der Waals surface area contributed by atoms with Crippen molar-refractivity contribution < 1.29 is 27.4 Å². The molecule has 0 aromatic heterocycles. The average Bonchev–Trinajstić information content (AvgIpc) is 2.87. The molecule has 0 aliphatic carbocycles. The van der Waals surface area contributed by atoms with Crippen molar-refractivity contribution in [3.8, 4) is 17.2 Å². The van der Waals surface area contributed by atoms with Gasteiger partial charge in [0.15, 0.2) is 11.5 Å². The van der Waals surface area contributed by atoms with Gasteiger partial charge in [-0.3, -0.25) is 9.10 Å². The van der Waals surface area contributed by atoms with Crippen molar-refractivity contribution in [3.05, 3.63) is 83.9 Å². The van der Waals surface area contributed by atoms with Crippen LogP contribution < -0.4 is 23.9 Å². The van der Waals surface area contributed by atoms with E-state index >= 15 is 0 Å². The number of rotatable bonds is 12. The molecule has 9 nitrogen and oxygen atoms in total. The molecule has 10 heteroatoms. The molecule has 0 radical (unpaired) electrons. The van der Waals surface area contributed by atoms with Crippen molar-refractivity contribution in [2.45, 2.75) is 13.5 Å². The Hall–Kier alpha value is -4.05. The number of anilines is 1. The Labute approximate surface area is 211 Å². The summed E-state index contributed by atoms with van der Waals surface area (Å²) in [7, 11) is -2.19. The van der Waals surface area contributed by atoms with E-state index in [0.29, 0.717) is 41.7 Å². The minimum absolute atomic E-state index is 0.338. The van der Waals surface area contributed by atoms with Gasteiger partial charge in [-0.05, 0) is 60.5 Å². The maximum Gasteiger partial charge on any atom is 0.260 e. The van der Waals surface area contributed by atoms with Gasteiger partial charge in [0, 0.05) is 0 Å². The fourth-order valence-corrected chi connectivity index (χ4v) is 4.08. The average molecular weight is 512 g/mol. The normalized spacial score (nSPS) is 11.2. The third-order valence-corrected chi connectivity index (χ3v) is 6.10. The van der Waals surface area contributed by atoms with Crippen LogP contribution in [0.4, 0.5) is 5.69 Å². The number of carbonyl (C=O) groups excluding carboxylic acids is 1. The Morgan fingerprint density at radius 3 is 2.36 bits per heavy atom. The summed E-state index contributed by atoms with van der Waals surface area (Å²) < 4.78 is 42.2. The predicted molar refractivity (Wildman–Crippen MR) is 139 cm³/mol. The van der Waals surface area contributed by atoms with E-state index in [1.807, 2.05) is 37.3 Å². The van der Waals surface area contributed by atoms with Crippen LogP contribution in [-0.4, -0.2) is 47.1 Å². The summed E-state index contributed by atoms with van der Waals surface area (Å²) in [5.74, 6) is 1.11. The minimum atomic E-state index is -3.70. The van der Waals surface area contributed by atoms with Gasteiger partial charge in [-0.1, -0.05) is 30.3 Å². The number of amides is 1. The Kier molecular flexibility index (Phi) is 9.29. The lowest BCUT2D eigenvalue weighted by Gasteiger charge is -2.21. The molecule has 0 bridgehead atoms. The fraction of sp³-hybridized carbons (Fsp3) is 0.231. The van der Waals surface area contributed by atoms with Crippen LogP contribution in [-0.2, 0) is 21.4 Å². The molecule has 0 atom stereocenters. The highest BCUT2D eigenvalue weighted by Gasteiger charge is 2.20. The molecule has 0 spiro atoms. The standard InChI is InChI=1S/C26H29N3O6S/c1-4-34-25-16-21(10-15-24(25)35-19-20-8-6-5-7-9-20)17-27-28-26(30)18-29(36(3,31)32)22-11-13-23(33-2)14-12-22/h5-17H,4,18-19H2,1-3H3,(H,28,30)/b27-17-. The van der Waals surface area contributed by atoms with Gasteiger partial charge in [-0.2, -0.15) is 5.10 Å². The lowest BCUT2D eigenvalue weighted by atomic mass is 10.2. The van der Waals surface area contributed by atoms with E-state index in [1.165, 1.54) is 13.3 Å². The van der Waals surface area contributed by atoms with Crippen LogP contribution in [0.3, 0.4) is 0 Å². The molecule has 0 aliphatic heterocycles. The maximum atomic E-state index is 12.4. The van der Waals surface area contributed by atoms with Crippen molar-refractivity contribution in [1.29, 1.82) is 0 Å². The second-order valence-electron chi connectivity index (χ2n) is 7.67. The number of methoxy groups -OCH3 is 1. The van der Waals surface area contributed by atoms with Crippen molar-refractivity contribution in [1.82, 2.24) is 5.43 Å². The number of hydrogen-bond donors (Lipinski definition) is 1. The van der Waals surface area contributed by atoms with Crippen LogP contribution in [0.25, 0.3) is 0 Å². The van der Waals surface area contributed by atoms with E-state index in [0.717, 1.165) is 16.1 Å². The summed E-state index contributed by atoms with van der Waals surface area (Å²) in [6, 6.07) is 21.4. The predicted octanol–water partition coefficient (Wildman–Crippen LogP) is 3.59. The minimum Gasteiger partial charge on any atom is -0.497 e. The van der Waals surface area contributed by atoms with Crippen molar-refractivity contribution in [2.75, 3.05) is 30.8 Å². The zero-order chi connectivity index (χ0) is 26.0. The molecule has 1 N–H and O–H groups in total. The Morgan fingerprint density at radius 2 is 1.72 bits per heavy atom. The molecule has 0 heterocycles. The molecule has 36 heavy (non-hydrogen) atoms.